The van der Waals surface area contributed by atoms with Crippen LogP contribution in [0.1, 0.15) is 39.4 Å². The van der Waals surface area contributed by atoms with Gasteiger partial charge in [0.15, 0.2) is 0 Å². The average molecular weight is 458 g/mol. The molecule has 164 valence electrons. The van der Waals surface area contributed by atoms with Crippen molar-refractivity contribution >= 4 is 34.1 Å². The third-order valence-corrected chi connectivity index (χ3v) is 6.70. The van der Waals surface area contributed by atoms with Gasteiger partial charge < -0.3 is 4.90 Å². The van der Waals surface area contributed by atoms with Crippen molar-refractivity contribution in [2.75, 3.05) is 13.1 Å². The molecule has 2 aromatic carbocycles. The maximum atomic E-state index is 13.6. The van der Waals surface area contributed by atoms with Gasteiger partial charge in [0.25, 0.3) is 5.56 Å². The minimum Gasteiger partial charge on any atom is -0.301 e. The fourth-order valence-electron chi connectivity index (χ4n) is 4.60. The van der Waals surface area contributed by atoms with E-state index in [2.05, 4.69) is 25.7 Å². The van der Waals surface area contributed by atoms with E-state index in [1.165, 1.54) is 6.42 Å². The van der Waals surface area contributed by atoms with E-state index in [0.717, 1.165) is 54.9 Å². The molecule has 1 aliphatic rings. The summed E-state index contributed by atoms with van der Waals surface area (Å²) in [4.78, 5) is 20.9. The van der Waals surface area contributed by atoms with Gasteiger partial charge in [0.2, 0.25) is 0 Å². The van der Waals surface area contributed by atoms with Gasteiger partial charge in [-0.25, -0.2) is 4.98 Å². The van der Waals surface area contributed by atoms with Crippen molar-refractivity contribution in [2.45, 2.75) is 52.6 Å². The van der Waals surface area contributed by atoms with Crippen molar-refractivity contribution < 1.29 is 0 Å². The predicted molar refractivity (Wildman–Crippen MR) is 130 cm³/mol. The van der Waals surface area contributed by atoms with Gasteiger partial charge in [0, 0.05) is 35.6 Å². The Labute approximate surface area is 193 Å². The molecule has 0 unspecified atom stereocenters. The molecule has 0 saturated carbocycles. The molecule has 31 heavy (non-hydrogen) atoms. The van der Waals surface area contributed by atoms with Crippen LogP contribution in [-0.2, 0) is 13.0 Å². The molecule has 2 heterocycles. The van der Waals surface area contributed by atoms with Crippen LogP contribution in [0.5, 0.6) is 0 Å². The number of hydrogen-bond acceptors (Lipinski definition) is 3. The summed E-state index contributed by atoms with van der Waals surface area (Å²) in [6.45, 7) is 9.45. The Morgan fingerprint density at radius 2 is 1.84 bits per heavy atom. The Morgan fingerprint density at radius 3 is 2.52 bits per heavy atom. The quantitative estimate of drug-likeness (QED) is 0.467. The molecule has 1 saturated heterocycles. The number of piperidine rings is 1. The Balaban J connectivity index is 1.74. The minimum atomic E-state index is 0.0403. The summed E-state index contributed by atoms with van der Waals surface area (Å²) in [5.41, 5.74) is 2.58. The van der Waals surface area contributed by atoms with E-state index >= 15 is 0 Å². The van der Waals surface area contributed by atoms with Crippen molar-refractivity contribution in [3.05, 3.63) is 62.6 Å². The summed E-state index contributed by atoms with van der Waals surface area (Å²) in [5, 5.41) is 1.79. The third-order valence-electron chi connectivity index (χ3n) is 6.27. The largest absolute Gasteiger partial charge is 0.301 e. The Morgan fingerprint density at radius 1 is 1.10 bits per heavy atom. The molecule has 6 heteroatoms. The summed E-state index contributed by atoms with van der Waals surface area (Å²) >= 11 is 12.4. The van der Waals surface area contributed by atoms with Crippen LogP contribution in [0.2, 0.25) is 10.0 Å². The highest BCUT2D eigenvalue weighted by Gasteiger charge is 2.23. The molecule has 0 spiro atoms. The molecule has 1 aromatic heterocycles. The number of aromatic nitrogens is 2. The molecule has 1 aliphatic heterocycles. The van der Waals surface area contributed by atoms with Crippen LogP contribution < -0.4 is 5.56 Å². The molecule has 3 aromatic rings. The number of aryl methyl sites for hydroxylation is 1. The number of fused-ring (bicyclic) bond motifs is 1. The lowest BCUT2D eigenvalue weighted by molar-refractivity contribution is 0.129. The van der Waals surface area contributed by atoms with E-state index in [9.17, 15) is 4.79 Å². The molecule has 0 aliphatic carbocycles. The van der Waals surface area contributed by atoms with Crippen LogP contribution in [0.25, 0.3) is 22.0 Å². The van der Waals surface area contributed by atoms with Crippen molar-refractivity contribution in [2.24, 2.45) is 5.92 Å². The van der Waals surface area contributed by atoms with Crippen molar-refractivity contribution in [3.8, 4) is 11.1 Å². The van der Waals surface area contributed by atoms with Gasteiger partial charge in [-0.3, -0.25) is 9.36 Å². The van der Waals surface area contributed by atoms with Crippen LogP contribution in [0.15, 0.2) is 41.2 Å². The van der Waals surface area contributed by atoms with Crippen molar-refractivity contribution in [1.82, 2.24) is 14.5 Å². The Bertz CT molecular complexity index is 1140. The predicted octanol–water partition coefficient (Wildman–Crippen LogP) is 6.05. The highest BCUT2D eigenvalue weighted by Crippen LogP contribution is 2.29. The summed E-state index contributed by atoms with van der Waals surface area (Å²) in [7, 11) is 0. The second-order valence-electron chi connectivity index (χ2n) is 8.78. The first kappa shape index (κ1) is 22.3. The number of nitrogens with zero attached hydrogens (tertiary/aromatic N) is 3. The van der Waals surface area contributed by atoms with Crippen LogP contribution in [0.4, 0.5) is 0 Å². The van der Waals surface area contributed by atoms with Gasteiger partial charge in [0.1, 0.15) is 5.82 Å². The van der Waals surface area contributed by atoms with Gasteiger partial charge in [-0.05, 0) is 80.6 Å². The van der Waals surface area contributed by atoms with Gasteiger partial charge >= 0.3 is 0 Å². The summed E-state index contributed by atoms with van der Waals surface area (Å²) in [5.74, 6) is 1.33. The highest BCUT2D eigenvalue weighted by molar-refractivity contribution is 6.35. The van der Waals surface area contributed by atoms with Crippen LogP contribution in [0.3, 0.4) is 0 Å². The number of rotatable bonds is 5. The van der Waals surface area contributed by atoms with Gasteiger partial charge in [-0.15, -0.1) is 0 Å². The maximum absolute atomic E-state index is 13.6. The summed E-state index contributed by atoms with van der Waals surface area (Å²) in [6.07, 6.45) is 3.06. The molecule has 0 N–H and O–H groups in total. The lowest BCUT2D eigenvalue weighted by atomic mass is 9.96. The maximum Gasteiger partial charge on any atom is 0.261 e. The summed E-state index contributed by atoms with van der Waals surface area (Å²) in [6, 6.07) is 11.8. The van der Waals surface area contributed by atoms with E-state index in [4.69, 9.17) is 28.2 Å². The molecular formula is C25H29Cl2N3O. The topological polar surface area (TPSA) is 38.1 Å². The van der Waals surface area contributed by atoms with Crippen LogP contribution in [0, 0.1) is 5.92 Å². The molecule has 1 fully saturated rings. The van der Waals surface area contributed by atoms with Crippen LogP contribution in [-0.4, -0.2) is 33.6 Å². The van der Waals surface area contributed by atoms with E-state index in [1.807, 2.05) is 34.9 Å². The molecule has 4 nitrogen and oxygen atoms in total. The van der Waals surface area contributed by atoms with Gasteiger partial charge in [-0.2, -0.15) is 0 Å². The second kappa shape index (κ2) is 9.32. The van der Waals surface area contributed by atoms with E-state index < -0.39 is 0 Å². The molecule has 4 rings (SSSR count). The number of likely N-dealkylation sites (tertiary alicyclic amines) is 1. The zero-order chi connectivity index (χ0) is 22.1. The average Bonchev–Trinajstić information content (AvgIpc) is 2.74. The van der Waals surface area contributed by atoms with Crippen LogP contribution >= 0.6 is 23.2 Å². The third kappa shape index (κ3) is 4.82. The molecule has 0 bridgehead atoms. The van der Waals surface area contributed by atoms with Crippen molar-refractivity contribution in [1.29, 1.82) is 0 Å². The van der Waals surface area contributed by atoms with E-state index in [1.54, 1.807) is 6.07 Å². The standard InChI is InChI=1S/C25H29Cl2N3O/c1-4-24-28-23-8-7-18(19-10-20(26)13-21(27)11-19)12-22(23)25(31)30(24)15-17-6-5-9-29(14-17)16(2)3/h7-8,10-13,16-17H,4-6,9,14-15H2,1-3H3/t17-/m0/s1. The first-order chi connectivity index (χ1) is 14.9. The molecule has 1 atom stereocenters. The zero-order valence-electron chi connectivity index (χ0n) is 18.4. The Hall–Kier alpha value is -1.88. The zero-order valence-corrected chi connectivity index (χ0v) is 19.9. The van der Waals surface area contributed by atoms with Crippen molar-refractivity contribution in [3.63, 3.8) is 0 Å². The lowest BCUT2D eigenvalue weighted by Crippen LogP contribution is -2.42. The first-order valence-corrected chi connectivity index (χ1v) is 11.8. The Kier molecular flexibility index (Phi) is 6.71. The molecule has 0 amide bonds. The summed E-state index contributed by atoms with van der Waals surface area (Å²) < 4.78 is 1.91. The SMILES string of the molecule is CCc1nc2ccc(-c3cc(Cl)cc(Cl)c3)cc2c(=O)n1C[C@H]1CCCN(C(C)C)C1. The monoisotopic (exact) mass is 457 g/mol. The fourth-order valence-corrected chi connectivity index (χ4v) is 5.12. The smallest absolute Gasteiger partial charge is 0.261 e. The fraction of sp³-hybridized carbons (Fsp3) is 0.440. The lowest BCUT2D eigenvalue weighted by Gasteiger charge is -2.35. The minimum absolute atomic E-state index is 0.0403. The van der Waals surface area contributed by atoms with E-state index in [-0.39, 0.29) is 5.56 Å². The molecular weight excluding hydrogens is 429 g/mol. The number of hydrogen-bond donors (Lipinski definition) is 0. The first-order valence-electron chi connectivity index (χ1n) is 11.1. The van der Waals surface area contributed by atoms with Gasteiger partial charge in [0.05, 0.1) is 10.9 Å². The van der Waals surface area contributed by atoms with E-state index in [0.29, 0.717) is 27.4 Å². The molecule has 0 radical (unpaired) electrons. The number of halogens is 2. The van der Waals surface area contributed by atoms with Gasteiger partial charge in [-0.1, -0.05) is 36.2 Å². The second-order valence-corrected chi connectivity index (χ2v) is 9.66. The number of benzene rings is 2. The highest BCUT2D eigenvalue weighted by atomic mass is 35.5. The normalized spacial score (nSPS) is 17.5.